The molecule has 0 saturated heterocycles. The molecule has 0 radical (unpaired) electrons. The summed E-state index contributed by atoms with van der Waals surface area (Å²) in [5.41, 5.74) is 0. The Morgan fingerprint density at radius 2 is 1.29 bits per heavy atom. The Morgan fingerprint density at radius 1 is 1.29 bits per heavy atom. The molecular weight excluding hydrogens is 167 g/mol. The van der Waals surface area contributed by atoms with Crippen molar-refractivity contribution < 1.29 is 20.4 Å². The largest absolute Gasteiger partial charge is 2.00 e. The maximum atomic E-state index is 8.74. The summed E-state index contributed by atoms with van der Waals surface area (Å²) in [7, 11) is -4.67. The van der Waals surface area contributed by atoms with Crippen LogP contribution in [0.2, 0.25) is 0 Å². The average molecular weight is 174 g/mol. The normalized spacial score (nSPS) is 8.29. The Hall–Kier alpha value is 1.56. The molecule has 4 nitrogen and oxygen atoms in total. The molecule has 0 spiro atoms. The van der Waals surface area contributed by atoms with Crippen LogP contribution in [0.3, 0.4) is 0 Å². The summed E-state index contributed by atoms with van der Waals surface area (Å²) in [6.45, 7) is 0. The van der Waals surface area contributed by atoms with Gasteiger partial charge in [0.2, 0.25) is 0 Å². The third-order valence-electron chi connectivity index (χ3n) is 0. The maximum Gasteiger partial charge on any atom is 2.00 e. The van der Waals surface area contributed by atoms with E-state index in [1.165, 1.54) is 0 Å². The van der Waals surface area contributed by atoms with Crippen LogP contribution in [0.5, 0.6) is 0 Å². The Balaban J connectivity index is -0.0000000133. The molecule has 0 aliphatic rings. The van der Waals surface area contributed by atoms with Gasteiger partial charge >= 0.3 is 48.1 Å². The molecule has 0 aliphatic carbocycles. The van der Waals surface area contributed by atoms with Crippen LogP contribution in [0.15, 0.2) is 0 Å². The summed E-state index contributed by atoms with van der Waals surface area (Å²) in [6.07, 6.45) is 0. The van der Waals surface area contributed by atoms with Crippen molar-refractivity contribution in [1.82, 2.24) is 0 Å². The molecular formula is H7CaO4PS. The molecule has 1 unspecified atom stereocenters. The van der Waals surface area contributed by atoms with Crippen molar-refractivity contribution in [3.8, 4) is 0 Å². The van der Waals surface area contributed by atoms with Crippen LogP contribution < -0.4 is 0 Å². The molecule has 0 aromatic rings. The Morgan fingerprint density at radius 3 is 1.29 bits per heavy atom. The van der Waals surface area contributed by atoms with E-state index in [1.807, 2.05) is 0 Å². The van der Waals surface area contributed by atoms with Gasteiger partial charge < -0.3 is 2.85 Å². The van der Waals surface area contributed by atoms with Crippen LogP contribution in [-0.4, -0.2) is 55.3 Å². The molecule has 0 aromatic carbocycles. The van der Waals surface area contributed by atoms with Crippen molar-refractivity contribution in [3.63, 3.8) is 0 Å². The smallest absolute Gasteiger partial charge is 1.00 e. The molecule has 1 atom stereocenters. The fourth-order valence-electron chi connectivity index (χ4n) is 0. The van der Waals surface area contributed by atoms with Gasteiger partial charge in [-0.25, -0.2) is 0 Å². The van der Waals surface area contributed by atoms with Gasteiger partial charge in [0.15, 0.2) is 0 Å². The van der Waals surface area contributed by atoms with Crippen LogP contribution in [0.4, 0.5) is 0 Å². The van der Waals surface area contributed by atoms with Crippen LogP contribution in [0, 0.1) is 0 Å². The SMILES string of the molecule is O=S(=O)(O)O.P.[Ca+2].[H-].[H-]. The monoisotopic (exact) mass is 174 g/mol. The molecule has 7 heavy (non-hydrogen) atoms. The van der Waals surface area contributed by atoms with Crippen molar-refractivity contribution in [2.45, 2.75) is 0 Å². The van der Waals surface area contributed by atoms with Gasteiger partial charge in [-0.2, -0.15) is 18.3 Å². The van der Waals surface area contributed by atoms with E-state index in [-0.39, 0.29) is 50.5 Å². The van der Waals surface area contributed by atoms with E-state index in [9.17, 15) is 0 Å². The number of rotatable bonds is 0. The summed E-state index contributed by atoms with van der Waals surface area (Å²) < 4.78 is 31.6. The molecule has 0 aliphatic heterocycles. The summed E-state index contributed by atoms with van der Waals surface area (Å²) >= 11 is 0. The van der Waals surface area contributed by atoms with Crippen LogP contribution in [0.1, 0.15) is 2.85 Å². The number of hydrogen-bond acceptors (Lipinski definition) is 2. The van der Waals surface area contributed by atoms with E-state index in [2.05, 4.69) is 0 Å². The average Bonchev–Trinajstić information content (AvgIpc) is 0.722. The second-order valence-electron chi connectivity index (χ2n) is 0.448. The van der Waals surface area contributed by atoms with Gasteiger partial charge in [0.05, 0.1) is 0 Å². The quantitative estimate of drug-likeness (QED) is 0.288. The second-order valence-corrected chi connectivity index (χ2v) is 1.34. The van der Waals surface area contributed by atoms with Crippen LogP contribution in [0.25, 0.3) is 0 Å². The third kappa shape index (κ3) is 96.1. The molecule has 0 rings (SSSR count). The Kier molecular flexibility index (Phi) is 12.9. The standard InChI is InChI=1S/Ca.H2O4S.H3P.2H/c;1-5(2,3)4;;;/h;(H2,1,2,3,4);1H3;;/q+2;;;2*-1. The van der Waals surface area contributed by atoms with Gasteiger partial charge in [-0.1, -0.05) is 0 Å². The van der Waals surface area contributed by atoms with Crippen molar-refractivity contribution in [2.24, 2.45) is 0 Å². The summed E-state index contributed by atoms with van der Waals surface area (Å²) in [4.78, 5) is 0. The van der Waals surface area contributed by atoms with E-state index < -0.39 is 10.4 Å². The predicted octanol–water partition coefficient (Wildman–Crippen LogP) is -0.750. The van der Waals surface area contributed by atoms with E-state index in [0.29, 0.717) is 0 Å². The molecule has 2 N–H and O–H groups in total. The summed E-state index contributed by atoms with van der Waals surface area (Å²) in [5, 5.41) is 0. The van der Waals surface area contributed by atoms with Gasteiger partial charge in [-0.3, -0.25) is 9.11 Å². The first-order chi connectivity index (χ1) is 2.00. The molecule has 0 fully saturated rings. The topological polar surface area (TPSA) is 74.6 Å². The summed E-state index contributed by atoms with van der Waals surface area (Å²) in [6, 6.07) is 0. The van der Waals surface area contributed by atoms with E-state index in [4.69, 9.17) is 17.5 Å². The second kappa shape index (κ2) is 5.69. The van der Waals surface area contributed by atoms with Crippen LogP contribution in [-0.2, 0) is 10.4 Å². The number of hydrogen-bond donors (Lipinski definition) is 2. The van der Waals surface area contributed by atoms with Gasteiger partial charge in [-0.05, 0) is 0 Å². The first-order valence-corrected chi connectivity index (χ1v) is 2.10. The van der Waals surface area contributed by atoms with E-state index >= 15 is 0 Å². The van der Waals surface area contributed by atoms with Gasteiger partial charge in [0.25, 0.3) is 0 Å². The fourth-order valence-corrected chi connectivity index (χ4v) is 0. The molecule has 0 bridgehead atoms. The fraction of sp³-hybridized carbons (Fsp3) is 0. The zero-order chi connectivity index (χ0) is 4.50. The van der Waals surface area contributed by atoms with Crippen molar-refractivity contribution >= 4 is 58.0 Å². The minimum absolute atomic E-state index is 0. The maximum absolute atomic E-state index is 8.74. The van der Waals surface area contributed by atoms with Crippen molar-refractivity contribution in [3.05, 3.63) is 0 Å². The molecule has 7 heteroatoms. The van der Waals surface area contributed by atoms with Gasteiger partial charge in [0, 0.05) is 0 Å². The first kappa shape index (κ1) is 15.8. The zero-order valence-corrected chi connectivity index (χ0v) is 7.97. The minimum Gasteiger partial charge on any atom is -1.00 e. The Bertz CT molecular complexity index is 102. The predicted molar refractivity (Wildman–Crippen MR) is 33.3 cm³/mol. The zero-order valence-electron chi connectivity index (χ0n) is 5.53. The van der Waals surface area contributed by atoms with Gasteiger partial charge in [-0.15, -0.1) is 0 Å². The van der Waals surface area contributed by atoms with E-state index in [0.717, 1.165) is 0 Å². The van der Waals surface area contributed by atoms with Gasteiger partial charge in [0.1, 0.15) is 0 Å². The third-order valence-corrected chi connectivity index (χ3v) is 0. The van der Waals surface area contributed by atoms with Crippen molar-refractivity contribution in [2.75, 3.05) is 0 Å². The molecule has 0 amide bonds. The summed E-state index contributed by atoms with van der Waals surface area (Å²) in [5.74, 6) is 0. The van der Waals surface area contributed by atoms with Crippen LogP contribution >= 0.6 is 9.90 Å². The first-order valence-electron chi connectivity index (χ1n) is 0.698. The van der Waals surface area contributed by atoms with Crippen molar-refractivity contribution in [1.29, 1.82) is 0 Å². The molecule has 0 saturated carbocycles. The molecule has 44 valence electrons. The molecule has 0 aromatic heterocycles. The molecule has 0 heterocycles. The van der Waals surface area contributed by atoms with E-state index in [1.54, 1.807) is 0 Å². The Labute approximate surface area is 77.8 Å². The minimum atomic E-state index is -4.67.